The Morgan fingerprint density at radius 2 is 1.72 bits per heavy atom. The summed E-state index contributed by atoms with van der Waals surface area (Å²) in [5, 5.41) is 6.57. The number of anilines is 2. The highest BCUT2D eigenvalue weighted by Gasteiger charge is 2.20. The lowest BCUT2D eigenvalue weighted by Crippen LogP contribution is -2.24. The van der Waals surface area contributed by atoms with E-state index in [4.69, 9.17) is 12.2 Å². The fourth-order valence-electron chi connectivity index (χ4n) is 2.31. The Balaban J connectivity index is 2.19. The van der Waals surface area contributed by atoms with Gasteiger partial charge in [0.15, 0.2) is 5.11 Å². The number of hydrogen-bond acceptors (Lipinski definition) is 3. The molecule has 0 atom stereocenters. The standard InChI is InChI=1S/C18H23N3O2S2/c1-5-14-7-6-8-15(11-14)19-18(24)20-16-10-9-13(2)17(12-16)25(22,23)21(3)4/h6-12H,5H2,1-4H3,(H2,19,20,24). The third-order valence-electron chi connectivity index (χ3n) is 3.80. The third kappa shape index (κ3) is 4.78. The van der Waals surface area contributed by atoms with Gasteiger partial charge in [-0.15, -0.1) is 0 Å². The van der Waals surface area contributed by atoms with Gasteiger partial charge in [0.1, 0.15) is 0 Å². The van der Waals surface area contributed by atoms with Crippen LogP contribution in [0.3, 0.4) is 0 Å². The molecule has 7 heteroatoms. The normalized spacial score (nSPS) is 11.4. The molecule has 0 aliphatic rings. The molecule has 2 aromatic rings. The summed E-state index contributed by atoms with van der Waals surface area (Å²) in [6.45, 7) is 3.86. The first-order valence-corrected chi connectivity index (χ1v) is 9.79. The fraction of sp³-hybridized carbons (Fsp3) is 0.278. The quantitative estimate of drug-likeness (QED) is 0.780. The molecular formula is C18H23N3O2S2. The van der Waals surface area contributed by atoms with Crippen LogP contribution in [-0.2, 0) is 16.4 Å². The monoisotopic (exact) mass is 377 g/mol. The smallest absolute Gasteiger partial charge is 0.242 e. The Labute approximate surface area is 155 Å². The van der Waals surface area contributed by atoms with Crippen LogP contribution >= 0.6 is 12.2 Å². The summed E-state index contributed by atoms with van der Waals surface area (Å²) in [7, 11) is -0.473. The summed E-state index contributed by atoms with van der Waals surface area (Å²) >= 11 is 5.34. The Morgan fingerprint density at radius 1 is 1.08 bits per heavy atom. The molecule has 0 saturated carbocycles. The van der Waals surface area contributed by atoms with Crippen LogP contribution in [-0.4, -0.2) is 31.9 Å². The molecule has 0 bridgehead atoms. The zero-order chi connectivity index (χ0) is 18.6. The van der Waals surface area contributed by atoms with Crippen LogP contribution in [0.4, 0.5) is 11.4 Å². The minimum Gasteiger partial charge on any atom is -0.332 e. The molecule has 2 rings (SSSR count). The lowest BCUT2D eigenvalue weighted by Gasteiger charge is -2.16. The molecule has 0 heterocycles. The number of benzene rings is 2. The lowest BCUT2D eigenvalue weighted by molar-refractivity contribution is 0.520. The number of sulfonamides is 1. The van der Waals surface area contributed by atoms with E-state index in [-0.39, 0.29) is 4.90 Å². The number of aryl methyl sites for hydroxylation is 2. The van der Waals surface area contributed by atoms with Gasteiger partial charge in [-0.1, -0.05) is 25.1 Å². The predicted molar refractivity (Wildman–Crippen MR) is 108 cm³/mol. The summed E-state index contributed by atoms with van der Waals surface area (Å²) in [5.74, 6) is 0. The van der Waals surface area contributed by atoms with Gasteiger partial charge in [0.05, 0.1) is 4.90 Å². The highest BCUT2D eigenvalue weighted by atomic mass is 32.2. The second-order valence-corrected chi connectivity index (χ2v) is 8.43. The van der Waals surface area contributed by atoms with Crippen molar-refractivity contribution in [3.8, 4) is 0 Å². The van der Waals surface area contributed by atoms with Crippen LogP contribution < -0.4 is 10.6 Å². The van der Waals surface area contributed by atoms with Gasteiger partial charge in [0.25, 0.3) is 0 Å². The van der Waals surface area contributed by atoms with Gasteiger partial charge >= 0.3 is 0 Å². The molecule has 0 aromatic heterocycles. The SMILES string of the molecule is CCc1cccc(NC(=S)Nc2ccc(C)c(S(=O)(=O)N(C)C)c2)c1. The van der Waals surface area contributed by atoms with Crippen LogP contribution in [0.5, 0.6) is 0 Å². The maximum atomic E-state index is 12.4. The summed E-state index contributed by atoms with van der Waals surface area (Å²) in [4.78, 5) is 0.262. The topological polar surface area (TPSA) is 61.4 Å². The van der Waals surface area contributed by atoms with E-state index in [1.165, 1.54) is 24.0 Å². The zero-order valence-electron chi connectivity index (χ0n) is 14.8. The Bertz CT molecular complexity index is 878. The van der Waals surface area contributed by atoms with Crippen molar-refractivity contribution in [2.24, 2.45) is 0 Å². The third-order valence-corrected chi connectivity index (χ3v) is 5.96. The average Bonchev–Trinajstić information content (AvgIpc) is 2.56. The van der Waals surface area contributed by atoms with Gasteiger partial charge in [-0.3, -0.25) is 0 Å². The number of thiocarbonyl (C=S) groups is 1. The van der Waals surface area contributed by atoms with Crippen LogP contribution in [0.25, 0.3) is 0 Å². The minimum absolute atomic E-state index is 0.262. The van der Waals surface area contributed by atoms with Gasteiger partial charge in [0.2, 0.25) is 10.0 Å². The molecule has 25 heavy (non-hydrogen) atoms. The molecule has 134 valence electrons. The highest BCUT2D eigenvalue weighted by molar-refractivity contribution is 7.89. The van der Waals surface area contributed by atoms with Crippen molar-refractivity contribution in [2.45, 2.75) is 25.2 Å². The number of rotatable bonds is 5. The predicted octanol–water partition coefficient (Wildman–Crippen LogP) is 3.62. The van der Waals surface area contributed by atoms with E-state index < -0.39 is 10.0 Å². The first-order valence-electron chi connectivity index (χ1n) is 7.94. The van der Waals surface area contributed by atoms with Gasteiger partial charge in [-0.25, -0.2) is 12.7 Å². The molecule has 0 radical (unpaired) electrons. The van der Waals surface area contributed by atoms with Gasteiger partial charge in [0, 0.05) is 25.5 Å². The van der Waals surface area contributed by atoms with Crippen LogP contribution in [0.2, 0.25) is 0 Å². The van der Waals surface area contributed by atoms with Crippen molar-refractivity contribution in [1.29, 1.82) is 0 Å². The molecule has 2 aromatic carbocycles. The van der Waals surface area contributed by atoms with Crippen molar-refractivity contribution in [3.63, 3.8) is 0 Å². The van der Waals surface area contributed by atoms with Crippen LogP contribution in [0, 0.1) is 6.92 Å². The van der Waals surface area contributed by atoms with E-state index in [2.05, 4.69) is 23.6 Å². The van der Waals surface area contributed by atoms with E-state index in [9.17, 15) is 8.42 Å². The van der Waals surface area contributed by atoms with Gasteiger partial charge in [-0.2, -0.15) is 0 Å². The minimum atomic E-state index is -3.50. The zero-order valence-corrected chi connectivity index (χ0v) is 16.5. The van der Waals surface area contributed by atoms with E-state index in [1.807, 2.05) is 18.2 Å². The summed E-state index contributed by atoms with van der Waals surface area (Å²) in [6, 6.07) is 13.2. The molecule has 0 amide bonds. The molecule has 0 aliphatic heterocycles. The first-order chi connectivity index (χ1) is 11.7. The molecule has 0 spiro atoms. The van der Waals surface area contributed by atoms with Crippen molar-refractivity contribution in [2.75, 3.05) is 24.7 Å². The van der Waals surface area contributed by atoms with Gasteiger partial charge < -0.3 is 10.6 Å². The lowest BCUT2D eigenvalue weighted by atomic mass is 10.1. The fourth-order valence-corrected chi connectivity index (χ4v) is 3.69. The van der Waals surface area contributed by atoms with E-state index in [0.717, 1.165) is 12.1 Å². The maximum absolute atomic E-state index is 12.4. The highest BCUT2D eigenvalue weighted by Crippen LogP contribution is 2.22. The van der Waals surface area contributed by atoms with Crippen LogP contribution in [0.1, 0.15) is 18.1 Å². The Kier molecular flexibility index (Phi) is 6.16. The average molecular weight is 378 g/mol. The Morgan fingerprint density at radius 3 is 2.32 bits per heavy atom. The summed E-state index contributed by atoms with van der Waals surface area (Å²) < 4.78 is 26.0. The molecule has 0 saturated heterocycles. The number of hydrogen-bond donors (Lipinski definition) is 2. The van der Waals surface area contributed by atoms with Crippen molar-refractivity contribution in [3.05, 3.63) is 53.6 Å². The van der Waals surface area contributed by atoms with E-state index >= 15 is 0 Å². The molecule has 5 nitrogen and oxygen atoms in total. The van der Waals surface area contributed by atoms with Crippen molar-refractivity contribution >= 4 is 38.7 Å². The first kappa shape index (κ1) is 19.4. The largest absolute Gasteiger partial charge is 0.332 e. The number of nitrogens with zero attached hydrogens (tertiary/aromatic N) is 1. The molecule has 0 aliphatic carbocycles. The van der Waals surface area contributed by atoms with E-state index in [0.29, 0.717) is 16.4 Å². The van der Waals surface area contributed by atoms with E-state index in [1.54, 1.807) is 25.1 Å². The summed E-state index contributed by atoms with van der Waals surface area (Å²) in [5.41, 5.74) is 3.41. The van der Waals surface area contributed by atoms with Crippen molar-refractivity contribution in [1.82, 2.24) is 4.31 Å². The second kappa shape index (κ2) is 7.95. The van der Waals surface area contributed by atoms with Crippen LogP contribution in [0.15, 0.2) is 47.4 Å². The van der Waals surface area contributed by atoms with Crippen molar-refractivity contribution < 1.29 is 8.42 Å². The summed E-state index contributed by atoms with van der Waals surface area (Å²) in [6.07, 6.45) is 0.944. The molecular weight excluding hydrogens is 354 g/mol. The second-order valence-electron chi connectivity index (χ2n) is 5.90. The molecule has 0 fully saturated rings. The molecule has 0 unspecified atom stereocenters. The maximum Gasteiger partial charge on any atom is 0.242 e. The number of nitrogens with one attached hydrogen (secondary N) is 2. The molecule has 2 N–H and O–H groups in total. The van der Waals surface area contributed by atoms with Gasteiger partial charge in [-0.05, 0) is 61.0 Å². The Hall–Kier alpha value is -1.96.